The molecule has 20 heavy (non-hydrogen) atoms. The van der Waals surface area contributed by atoms with E-state index in [2.05, 4.69) is 5.32 Å². The van der Waals surface area contributed by atoms with Gasteiger partial charge in [0, 0.05) is 6.04 Å². The van der Waals surface area contributed by atoms with Gasteiger partial charge < -0.3 is 5.32 Å². The van der Waals surface area contributed by atoms with Crippen molar-refractivity contribution >= 4 is 29.3 Å². The highest BCUT2D eigenvalue weighted by molar-refractivity contribution is 6.37. The molecule has 1 heterocycles. The smallest absolute Gasteiger partial charge is 0.263 e. The van der Waals surface area contributed by atoms with Crippen LogP contribution in [0.3, 0.4) is 0 Å². The summed E-state index contributed by atoms with van der Waals surface area (Å²) in [6, 6.07) is 4.69. The maximum atomic E-state index is 12.2. The molecule has 6 heteroatoms. The summed E-state index contributed by atoms with van der Waals surface area (Å²) in [6.07, 6.45) is 0.777. The number of hydrogen-bond donors (Lipinski definition) is 1. The number of amides is 3. The molecule has 1 aromatic rings. The average molecular weight is 295 g/mol. The van der Waals surface area contributed by atoms with E-state index in [-0.39, 0.29) is 34.6 Å². The molecule has 1 atom stereocenters. The van der Waals surface area contributed by atoms with Crippen LogP contribution in [0.15, 0.2) is 18.2 Å². The molecule has 0 aliphatic carbocycles. The molecule has 0 saturated carbocycles. The summed E-state index contributed by atoms with van der Waals surface area (Å²) < 4.78 is 0. The molecule has 1 aromatic carbocycles. The van der Waals surface area contributed by atoms with Crippen molar-refractivity contribution in [3.8, 4) is 0 Å². The molecule has 1 unspecified atom stereocenters. The first kappa shape index (κ1) is 14.5. The molecule has 1 aliphatic rings. The Balaban J connectivity index is 2.17. The molecular formula is C14H15ClN2O3. The topological polar surface area (TPSA) is 66.5 Å². The third kappa shape index (κ3) is 2.54. The number of carbonyl (C=O) groups is 3. The van der Waals surface area contributed by atoms with Crippen LogP contribution in [0.1, 0.15) is 41.0 Å². The van der Waals surface area contributed by atoms with Gasteiger partial charge in [0.15, 0.2) is 0 Å². The van der Waals surface area contributed by atoms with Gasteiger partial charge in [-0.1, -0.05) is 24.6 Å². The Morgan fingerprint density at radius 2 is 2.05 bits per heavy atom. The Labute approximate surface area is 121 Å². The standard InChI is InChI=1S/C14H15ClN2O3/c1-3-8(2)16-11(18)7-17-13(19)9-5-4-6-10(15)12(9)14(17)20/h4-6,8H,3,7H2,1-2H3,(H,16,18). The van der Waals surface area contributed by atoms with Gasteiger partial charge in [-0.15, -0.1) is 0 Å². The average Bonchev–Trinajstić information content (AvgIpc) is 2.65. The van der Waals surface area contributed by atoms with Gasteiger partial charge in [-0.3, -0.25) is 19.3 Å². The van der Waals surface area contributed by atoms with E-state index in [0.717, 1.165) is 11.3 Å². The molecule has 0 aromatic heterocycles. The predicted octanol–water partition coefficient (Wildman–Crippen LogP) is 1.85. The summed E-state index contributed by atoms with van der Waals surface area (Å²) in [4.78, 5) is 37.0. The zero-order chi connectivity index (χ0) is 14.9. The molecule has 2 rings (SSSR count). The van der Waals surface area contributed by atoms with Gasteiger partial charge in [-0.05, 0) is 25.5 Å². The predicted molar refractivity (Wildman–Crippen MR) is 74.7 cm³/mol. The van der Waals surface area contributed by atoms with Gasteiger partial charge in [0.25, 0.3) is 11.8 Å². The maximum absolute atomic E-state index is 12.2. The summed E-state index contributed by atoms with van der Waals surface area (Å²) in [6.45, 7) is 3.51. The van der Waals surface area contributed by atoms with E-state index in [0.29, 0.717) is 0 Å². The number of nitrogens with one attached hydrogen (secondary N) is 1. The second-order valence-corrected chi connectivity index (χ2v) is 5.14. The van der Waals surface area contributed by atoms with Gasteiger partial charge in [0.05, 0.1) is 16.1 Å². The Morgan fingerprint density at radius 3 is 2.65 bits per heavy atom. The number of hydrogen-bond acceptors (Lipinski definition) is 3. The Hall–Kier alpha value is -1.88. The summed E-state index contributed by atoms with van der Waals surface area (Å²) in [5.41, 5.74) is 0.425. The van der Waals surface area contributed by atoms with Crippen molar-refractivity contribution in [2.45, 2.75) is 26.3 Å². The van der Waals surface area contributed by atoms with Crippen molar-refractivity contribution in [2.75, 3.05) is 6.54 Å². The molecule has 1 N–H and O–H groups in total. The largest absolute Gasteiger partial charge is 0.352 e. The van der Waals surface area contributed by atoms with E-state index in [4.69, 9.17) is 11.6 Å². The van der Waals surface area contributed by atoms with Crippen LogP contribution in [0.4, 0.5) is 0 Å². The zero-order valence-electron chi connectivity index (χ0n) is 11.3. The number of rotatable bonds is 4. The fourth-order valence-electron chi connectivity index (χ4n) is 2.00. The first-order valence-corrected chi connectivity index (χ1v) is 6.77. The van der Waals surface area contributed by atoms with Crippen molar-refractivity contribution in [1.29, 1.82) is 0 Å². The molecule has 3 amide bonds. The van der Waals surface area contributed by atoms with Crippen LogP contribution >= 0.6 is 11.6 Å². The van der Waals surface area contributed by atoms with Crippen molar-refractivity contribution in [3.63, 3.8) is 0 Å². The number of fused-ring (bicyclic) bond motifs is 1. The van der Waals surface area contributed by atoms with Gasteiger partial charge in [0.2, 0.25) is 5.91 Å². The minimum Gasteiger partial charge on any atom is -0.352 e. The van der Waals surface area contributed by atoms with E-state index >= 15 is 0 Å². The lowest BCUT2D eigenvalue weighted by Crippen LogP contribution is -2.43. The molecule has 106 valence electrons. The third-order valence-corrected chi connectivity index (χ3v) is 3.58. The van der Waals surface area contributed by atoms with E-state index < -0.39 is 11.8 Å². The van der Waals surface area contributed by atoms with Crippen LogP contribution in [0.25, 0.3) is 0 Å². The minimum absolute atomic E-state index is 0.00118. The van der Waals surface area contributed by atoms with Gasteiger partial charge >= 0.3 is 0 Å². The van der Waals surface area contributed by atoms with Crippen LogP contribution in [-0.4, -0.2) is 35.2 Å². The summed E-state index contributed by atoms with van der Waals surface area (Å²) in [7, 11) is 0. The number of halogens is 1. The zero-order valence-corrected chi connectivity index (χ0v) is 12.0. The lowest BCUT2D eigenvalue weighted by molar-refractivity contribution is -0.122. The lowest BCUT2D eigenvalue weighted by Gasteiger charge is -2.16. The molecule has 0 spiro atoms. The highest BCUT2D eigenvalue weighted by atomic mass is 35.5. The molecular weight excluding hydrogens is 280 g/mol. The third-order valence-electron chi connectivity index (χ3n) is 3.27. The van der Waals surface area contributed by atoms with Crippen LogP contribution < -0.4 is 5.32 Å². The second-order valence-electron chi connectivity index (χ2n) is 4.74. The molecule has 0 radical (unpaired) electrons. The summed E-state index contributed by atoms with van der Waals surface area (Å²) in [5.74, 6) is -1.35. The molecule has 0 fully saturated rings. The fraction of sp³-hybridized carbons (Fsp3) is 0.357. The monoisotopic (exact) mass is 294 g/mol. The van der Waals surface area contributed by atoms with Crippen LogP contribution in [0.2, 0.25) is 5.02 Å². The maximum Gasteiger partial charge on any atom is 0.263 e. The SMILES string of the molecule is CCC(C)NC(=O)CN1C(=O)c2cccc(Cl)c2C1=O. The van der Waals surface area contributed by atoms with E-state index in [1.807, 2.05) is 13.8 Å². The molecule has 1 aliphatic heterocycles. The molecule has 0 bridgehead atoms. The Bertz CT molecular complexity index is 586. The highest BCUT2D eigenvalue weighted by Crippen LogP contribution is 2.28. The fourth-order valence-corrected chi connectivity index (χ4v) is 2.26. The first-order chi connectivity index (χ1) is 9.45. The normalized spacial score (nSPS) is 15.2. The second kappa shape index (κ2) is 5.63. The summed E-state index contributed by atoms with van der Waals surface area (Å²) in [5, 5.41) is 2.95. The quantitative estimate of drug-likeness (QED) is 0.862. The lowest BCUT2D eigenvalue weighted by atomic mass is 10.1. The number of benzene rings is 1. The van der Waals surface area contributed by atoms with E-state index in [1.54, 1.807) is 12.1 Å². The number of nitrogens with zero attached hydrogens (tertiary/aromatic N) is 1. The van der Waals surface area contributed by atoms with Crippen LogP contribution in [0.5, 0.6) is 0 Å². The summed E-state index contributed by atoms with van der Waals surface area (Å²) >= 11 is 5.94. The van der Waals surface area contributed by atoms with Gasteiger partial charge in [-0.2, -0.15) is 0 Å². The molecule has 5 nitrogen and oxygen atoms in total. The van der Waals surface area contributed by atoms with E-state index in [1.165, 1.54) is 6.07 Å². The first-order valence-electron chi connectivity index (χ1n) is 6.39. The van der Waals surface area contributed by atoms with Crippen molar-refractivity contribution < 1.29 is 14.4 Å². The van der Waals surface area contributed by atoms with Crippen molar-refractivity contribution in [3.05, 3.63) is 34.3 Å². The van der Waals surface area contributed by atoms with Crippen LogP contribution in [0, 0.1) is 0 Å². The molecule has 0 saturated heterocycles. The van der Waals surface area contributed by atoms with E-state index in [9.17, 15) is 14.4 Å². The van der Waals surface area contributed by atoms with Crippen molar-refractivity contribution in [2.24, 2.45) is 0 Å². The Kier molecular flexibility index (Phi) is 4.09. The Morgan fingerprint density at radius 1 is 1.35 bits per heavy atom. The van der Waals surface area contributed by atoms with Crippen LogP contribution in [-0.2, 0) is 4.79 Å². The number of carbonyl (C=O) groups excluding carboxylic acids is 3. The number of imide groups is 1. The van der Waals surface area contributed by atoms with Crippen molar-refractivity contribution in [1.82, 2.24) is 10.2 Å². The van der Waals surface area contributed by atoms with Gasteiger partial charge in [-0.25, -0.2) is 0 Å². The highest BCUT2D eigenvalue weighted by Gasteiger charge is 2.38. The minimum atomic E-state index is -0.519. The van der Waals surface area contributed by atoms with Gasteiger partial charge in [0.1, 0.15) is 6.54 Å².